The van der Waals surface area contributed by atoms with E-state index in [2.05, 4.69) is 23.8 Å². The van der Waals surface area contributed by atoms with Crippen LogP contribution in [0.1, 0.15) is 25.5 Å². The summed E-state index contributed by atoms with van der Waals surface area (Å²) >= 11 is 0. The summed E-state index contributed by atoms with van der Waals surface area (Å²) in [4.78, 5) is 15.2. The molecular formula is C14H21N3O3. The summed E-state index contributed by atoms with van der Waals surface area (Å²) in [6.45, 7) is 6.22. The molecule has 1 heterocycles. The molecule has 0 spiro atoms. The molecule has 1 aliphatic heterocycles. The van der Waals surface area contributed by atoms with E-state index in [0.717, 1.165) is 19.6 Å². The molecule has 0 aromatic heterocycles. The zero-order chi connectivity index (χ0) is 14.9. The summed E-state index contributed by atoms with van der Waals surface area (Å²) in [6, 6.07) is 5.22. The van der Waals surface area contributed by atoms with Crippen molar-refractivity contribution in [1.29, 1.82) is 0 Å². The summed E-state index contributed by atoms with van der Waals surface area (Å²) in [5.74, 6) is 0. The number of hydrogen-bond acceptors (Lipinski definition) is 5. The monoisotopic (exact) mass is 279 g/mol. The maximum atomic E-state index is 11.3. The molecule has 1 N–H and O–H groups in total. The van der Waals surface area contributed by atoms with Crippen LogP contribution in [0.25, 0.3) is 0 Å². The highest BCUT2D eigenvalue weighted by molar-refractivity contribution is 5.65. The van der Waals surface area contributed by atoms with E-state index in [1.165, 1.54) is 6.07 Å². The SMILES string of the molecule is CC(O)c1ccc(N2CCN(C)CC2C)c([N+](=O)[O-])c1. The summed E-state index contributed by atoms with van der Waals surface area (Å²) in [5.41, 5.74) is 1.28. The number of aliphatic hydroxyl groups is 1. The van der Waals surface area contributed by atoms with Gasteiger partial charge in [0.2, 0.25) is 0 Å². The molecular weight excluding hydrogens is 258 g/mol. The fourth-order valence-electron chi connectivity index (χ4n) is 2.69. The number of likely N-dealkylation sites (N-methyl/N-ethyl adjacent to an activating group) is 1. The highest BCUT2D eigenvalue weighted by atomic mass is 16.6. The zero-order valence-corrected chi connectivity index (χ0v) is 12.1. The van der Waals surface area contributed by atoms with Gasteiger partial charge in [-0.1, -0.05) is 6.07 Å². The number of anilines is 1. The summed E-state index contributed by atoms with van der Waals surface area (Å²) < 4.78 is 0. The largest absolute Gasteiger partial charge is 0.389 e. The second-order valence-electron chi connectivity index (χ2n) is 5.49. The number of benzene rings is 1. The van der Waals surface area contributed by atoms with Crippen LogP contribution in [-0.4, -0.2) is 47.7 Å². The number of rotatable bonds is 3. The van der Waals surface area contributed by atoms with Gasteiger partial charge < -0.3 is 14.9 Å². The third kappa shape index (κ3) is 2.91. The van der Waals surface area contributed by atoms with Crippen molar-refractivity contribution >= 4 is 11.4 Å². The van der Waals surface area contributed by atoms with Gasteiger partial charge in [-0.15, -0.1) is 0 Å². The molecule has 6 heteroatoms. The van der Waals surface area contributed by atoms with E-state index >= 15 is 0 Å². The van der Waals surface area contributed by atoms with E-state index < -0.39 is 6.10 Å². The summed E-state index contributed by atoms with van der Waals surface area (Å²) in [5, 5.41) is 20.9. The Labute approximate surface area is 118 Å². The van der Waals surface area contributed by atoms with Crippen molar-refractivity contribution in [3.05, 3.63) is 33.9 Å². The first-order chi connectivity index (χ1) is 9.40. The molecule has 0 radical (unpaired) electrons. The van der Waals surface area contributed by atoms with Crippen LogP contribution < -0.4 is 4.90 Å². The minimum atomic E-state index is -0.701. The van der Waals surface area contributed by atoms with E-state index in [-0.39, 0.29) is 16.7 Å². The average Bonchev–Trinajstić information content (AvgIpc) is 2.38. The van der Waals surface area contributed by atoms with Crippen LogP contribution in [0, 0.1) is 10.1 Å². The number of piperazine rings is 1. The van der Waals surface area contributed by atoms with Crippen LogP contribution in [0.15, 0.2) is 18.2 Å². The van der Waals surface area contributed by atoms with Crippen molar-refractivity contribution in [1.82, 2.24) is 4.90 Å². The topological polar surface area (TPSA) is 69.8 Å². The molecule has 0 aliphatic carbocycles. The van der Waals surface area contributed by atoms with E-state index in [1.807, 2.05) is 0 Å². The molecule has 2 rings (SSSR count). The van der Waals surface area contributed by atoms with Crippen LogP contribution in [0.5, 0.6) is 0 Å². The summed E-state index contributed by atoms with van der Waals surface area (Å²) in [7, 11) is 2.05. The van der Waals surface area contributed by atoms with Crippen molar-refractivity contribution in [2.24, 2.45) is 0 Å². The maximum absolute atomic E-state index is 11.3. The van der Waals surface area contributed by atoms with E-state index in [9.17, 15) is 15.2 Å². The first kappa shape index (κ1) is 14.7. The number of nitro benzene ring substituents is 1. The van der Waals surface area contributed by atoms with Gasteiger partial charge in [-0.05, 0) is 32.5 Å². The van der Waals surface area contributed by atoms with E-state index in [4.69, 9.17) is 0 Å². The molecule has 1 aromatic rings. The lowest BCUT2D eigenvalue weighted by Gasteiger charge is -2.39. The average molecular weight is 279 g/mol. The molecule has 0 amide bonds. The zero-order valence-electron chi connectivity index (χ0n) is 12.1. The Kier molecular flexibility index (Phi) is 4.25. The molecule has 6 nitrogen and oxygen atoms in total. The van der Waals surface area contributed by atoms with Crippen LogP contribution in [0.3, 0.4) is 0 Å². The van der Waals surface area contributed by atoms with Crippen LogP contribution in [0.4, 0.5) is 11.4 Å². The maximum Gasteiger partial charge on any atom is 0.292 e. The lowest BCUT2D eigenvalue weighted by Crippen LogP contribution is -2.50. The fraction of sp³-hybridized carbons (Fsp3) is 0.571. The lowest BCUT2D eigenvalue weighted by atomic mass is 10.1. The molecule has 20 heavy (non-hydrogen) atoms. The smallest absolute Gasteiger partial charge is 0.292 e. The number of nitro groups is 1. The molecule has 0 saturated carbocycles. The molecule has 0 bridgehead atoms. The molecule has 1 saturated heterocycles. The molecule has 110 valence electrons. The fourth-order valence-corrected chi connectivity index (χ4v) is 2.69. The van der Waals surface area contributed by atoms with Crippen molar-refractivity contribution < 1.29 is 10.0 Å². The first-order valence-electron chi connectivity index (χ1n) is 6.81. The van der Waals surface area contributed by atoms with Gasteiger partial charge in [0.05, 0.1) is 11.0 Å². The van der Waals surface area contributed by atoms with Gasteiger partial charge in [-0.2, -0.15) is 0 Å². The van der Waals surface area contributed by atoms with Gasteiger partial charge in [0.15, 0.2) is 0 Å². The third-order valence-electron chi connectivity index (χ3n) is 3.82. The minimum absolute atomic E-state index is 0.0693. The van der Waals surface area contributed by atoms with Crippen molar-refractivity contribution in [3.63, 3.8) is 0 Å². The number of hydrogen-bond donors (Lipinski definition) is 1. The third-order valence-corrected chi connectivity index (χ3v) is 3.82. The van der Waals surface area contributed by atoms with Crippen molar-refractivity contribution in [2.45, 2.75) is 26.0 Å². The molecule has 2 unspecified atom stereocenters. The quantitative estimate of drug-likeness (QED) is 0.674. The van der Waals surface area contributed by atoms with Crippen LogP contribution in [0.2, 0.25) is 0 Å². The Hall–Kier alpha value is -1.66. The van der Waals surface area contributed by atoms with Gasteiger partial charge in [-0.25, -0.2) is 0 Å². The standard InChI is InChI=1S/C14H21N3O3/c1-10-9-15(3)6-7-16(10)13-5-4-12(11(2)18)8-14(13)17(19)20/h4-5,8,10-11,18H,6-7,9H2,1-3H3. The van der Waals surface area contributed by atoms with Gasteiger partial charge in [0, 0.05) is 31.7 Å². The van der Waals surface area contributed by atoms with Gasteiger partial charge in [0.1, 0.15) is 5.69 Å². The lowest BCUT2D eigenvalue weighted by molar-refractivity contribution is -0.384. The normalized spacial score (nSPS) is 21.8. The van der Waals surface area contributed by atoms with Crippen molar-refractivity contribution in [2.75, 3.05) is 31.6 Å². The Morgan fingerprint density at radius 2 is 2.15 bits per heavy atom. The number of nitrogens with zero attached hydrogens (tertiary/aromatic N) is 3. The Morgan fingerprint density at radius 1 is 1.45 bits per heavy atom. The Bertz CT molecular complexity index is 504. The molecule has 1 aliphatic rings. The molecule has 1 fully saturated rings. The van der Waals surface area contributed by atoms with Gasteiger partial charge in [-0.3, -0.25) is 10.1 Å². The van der Waals surface area contributed by atoms with Gasteiger partial charge >= 0.3 is 0 Å². The van der Waals surface area contributed by atoms with Crippen LogP contribution in [-0.2, 0) is 0 Å². The van der Waals surface area contributed by atoms with Crippen LogP contribution >= 0.6 is 0 Å². The second-order valence-corrected chi connectivity index (χ2v) is 5.49. The van der Waals surface area contributed by atoms with E-state index in [0.29, 0.717) is 11.3 Å². The van der Waals surface area contributed by atoms with Crippen molar-refractivity contribution in [3.8, 4) is 0 Å². The Morgan fingerprint density at radius 3 is 2.70 bits per heavy atom. The molecule has 2 atom stereocenters. The second kappa shape index (κ2) is 5.76. The number of aliphatic hydroxyl groups excluding tert-OH is 1. The van der Waals surface area contributed by atoms with E-state index in [1.54, 1.807) is 19.1 Å². The predicted molar refractivity (Wildman–Crippen MR) is 78.0 cm³/mol. The highest BCUT2D eigenvalue weighted by Gasteiger charge is 2.27. The molecule has 1 aromatic carbocycles. The Balaban J connectivity index is 2.38. The summed E-state index contributed by atoms with van der Waals surface area (Å²) in [6.07, 6.45) is -0.701. The minimum Gasteiger partial charge on any atom is -0.389 e. The first-order valence-corrected chi connectivity index (χ1v) is 6.81. The predicted octanol–water partition coefficient (Wildman–Crippen LogP) is 1.79. The highest BCUT2D eigenvalue weighted by Crippen LogP contribution is 2.33. The van der Waals surface area contributed by atoms with Gasteiger partial charge in [0.25, 0.3) is 5.69 Å².